The van der Waals surface area contributed by atoms with Gasteiger partial charge in [-0.15, -0.1) is 12.6 Å². The molecule has 17 nitrogen and oxygen atoms in total. The number of aryl methyl sites for hydroxylation is 3. The Balaban J connectivity index is 0.000000341. The second-order valence-electron chi connectivity index (χ2n) is 31.9. The van der Waals surface area contributed by atoms with Crippen LogP contribution in [0.3, 0.4) is 0 Å². The molecule has 1 heterocycles. The second-order valence-corrected chi connectivity index (χ2v) is 32.3. The molecule has 13 aromatic rings. The summed E-state index contributed by atoms with van der Waals surface area (Å²) in [6, 6.07) is 80.0. The van der Waals surface area contributed by atoms with Crippen LogP contribution in [0.25, 0.3) is 22.3 Å². The molecule has 13 rings (SSSR count). The maximum absolute atomic E-state index is 14.2. The summed E-state index contributed by atoms with van der Waals surface area (Å²) in [6.07, 6.45) is -9.74. The summed E-state index contributed by atoms with van der Waals surface area (Å²) in [6.45, 7) is 24.2. The molecule has 0 unspecified atom stereocenters. The Kier molecular flexibility index (Phi) is 27.6. The molecule has 0 saturated heterocycles. The van der Waals surface area contributed by atoms with Crippen LogP contribution in [0.4, 0.5) is 26.3 Å². The normalized spacial score (nSPS) is 11.4. The number of ether oxygens (including phenoxy) is 8. The van der Waals surface area contributed by atoms with Crippen molar-refractivity contribution in [3.05, 3.63) is 345 Å². The third kappa shape index (κ3) is 21.0. The predicted molar refractivity (Wildman–Crippen MR) is 462 cm³/mol. The Morgan fingerprint density at radius 2 is 0.760 bits per heavy atom. The molecule has 0 N–H and O–H groups in total. The number of aromatic nitrogens is 1. The minimum Gasteiger partial charge on any atom is -0.497 e. The van der Waals surface area contributed by atoms with Crippen molar-refractivity contribution in [3.63, 3.8) is 0 Å². The molecular weight excluding hydrogens is 1620 g/mol. The second kappa shape index (κ2) is 38.0. The van der Waals surface area contributed by atoms with Gasteiger partial charge in [0.1, 0.15) is 116 Å². The van der Waals surface area contributed by atoms with E-state index in [1.807, 2.05) is 147 Å². The monoisotopic (exact) mass is 1700 g/mol. The van der Waals surface area contributed by atoms with E-state index in [4.69, 9.17) is 50.5 Å². The van der Waals surface area contributed by atoms with Crippen LogP contribution in [0.5, 0.6) is 86.4 Å². The summed E-state index contributed by atoms with van der Waals surface area (Å²) < 4.78 is 161. The summed E-state index contributed by atoms with van der Waals surface area (Å²) in [7, 11) is -1.86. The maximum Gasteiger partial charge on any atom is 0.425 e. The third-order valence-electron chi connectivity index (χ3n) is 20.1. The SMILES string of the molecule is COc1ccc(C(c2ccc(Oc3cccc(C)c3C#N)cc2)(C(F)(F)F)C(F)(F)F)cc1.Cc1ccc(-c2ccc(-c3cccc(Oc4cc(C(C)(C)C)c(Oc5cccc(Oc6ccc(Oc7cccc(C)c7C#N)c(C(C)(C)C)c6)c5C#N)cc4C(C)(C)C)c3C#N)c(Oc3ccc(Oc4ccccn4)cc3)c2)c(C(=O)c2ccccc2)c1.O=S(=O)=O. The predicted octanol–water partition coefficient (Wildman–Crippen LogP) is 26.6. The van der Waals surface area contributed by atoms with Crippen LogP contribution in [0.2, 0.25) is 0 Å². The fraction of sp³-hybridized carbons (Fsp3) is 0.188. The summed E-state index contributed by atoms with van der Waals surface area (Å²) >= 11 is 0. The van der Waals surface area contributed by atoms with Gasteiger partial charge in [-0.05, 0) is 204 Å². The quantitative estimate of drug-likeness (QED) is 0.0479. The number of benzene rings is 12. The molecule has 0 saturated carbocycles. The lowest BCUT2D eigenvalue weighted by molar-refractivity contribution is -0.288. The van der Waals surface area contributed by atoms with Crippen molar-refractivity contribution < 1.29 is 81.7 Å². The average molecular weight is 1700 g/mol. The Hall–Kier alpha value is -15.0. The Morgan fingerprint density at radius 3 is 1.25 bits per heavy atom. The van der Waals surface area contributed by atoms with Gasteiger partial charge in [0.15, 0.2) is 5.78 Å². The molecule has 0 spiro atoms. The number of nitriles is 4. The summed E-state index contributed by atoms with van der Waals surface area (Å²) in [5.41, 5.74) is 1.86. The number of nitrogens with zero attached hydrogens (tertiary/aromatic N) is 5. The van der Waals surface area contributed by atoms with E-state index < -0.39 is 55.7 Å². The van der Waals surface area contributed by atoms with E-state index in [9.17, 15) is 52.2 Å². The van der Waals surface area contributed by atoms with Crippen LogP contribution in [-0.4, -0.2) is 42.9 Å². The first-order valence-corrected chi connectivity index (χ1v) is 39.9. The minimum absolute atomic E-state index is 0.0196. The van der Waals surface area contributed by atoms with Gasteiger partial charge in [-0.25, -0.2) is 4.98 Å². The zero-order valence-electron chi connectivity index (χ0n) is 70.2. The number of alkyl halides is 6. The molecule has 24 heteroatoms. The van der Waals surface area contributed by atoms with Gasteiger partial charge in [0.25, 0.3) is 0 Å². The fourth-order valence-corrected chi connectivity index (χ4v) is 13.9. The molecule has 0 bridgehead atoms. The van der Waals surface area contributed by atoms with Crippen molar-refractivity contribution in [1.82, 2.24) is 4.98 Å². The highest BCUT2D eigenvalue weighted by Gasteiger charge is 2.72. The third-order valence-corrected chi connectivity index (χ3v) is 20.1. The number of halogens is 6. The zero-order chi connectivity index (χ0) is 90.5. The largest absolute Gasteiger partial charge is 0.497 e. The van der Waals surface area contributed by atoms with Crippen LogP contribution >= 0.6 is 0 Å². The van der Waals surface area contributed by atoms with E-state index in [1.54, 1.807) is 92.0 Å². The number of ketones is 1. The molecule has 0 amide bonds. The molecule has 12 aromatic carbocycles. The number of hydrogen-bond acceptors (Lipinski definition) is 17. The van der Waals surface area contributed by atoms with E-state index in [0.29, 0.717) is 102 Å². The minimum atomic E-state index is -5.70. The van der Waals surface area contributed by atoms with E-state index in [1.165, 1.54) is 13.2 Å². The molecule has 0 fully saturated rings. The van der Waals surface area contributed by atoms with Crippen molar-refractivity contribution in [2.75, 3.05) is 7.11 Å². The number of hydrogen-bond donors (Lipinski definition) is 0. The smallest absolute Gasteiger partial charge is 0.425 e. The number of carbonyl (C=O) groups excluding carboxylic acids is 1. The van der Waals surface area contributed by atoms with Crippen molar-refractivity contribution >= 4 is 16.4 Å². The van der Waals surface area contributed by atoms with Gasteiger partial charge < -0.3 is 37.9 Å². The maximum atomic E-state index is 14.2. The van der Waals surface area contributed by atoms with Gasteiger partial charge in [0.2, 0.25) is 11.3 Å². The summed E-state index contributed by atoms with van der Waals surface area (Å²) in [4.78, 5) is 18.5. The Morgan fingerprint density at radius 1 is 0.352 bits per heavy atom. The highest BCUT2D eigenvalue weighted by Crippen LogP contribution is 2.57. The zero-order valence-corrected chi connectivity index (χ0v) is 71.0. The molecule has 0 aliphatic rings. The summed E-state index contributed by atoms with van der Waals surface area (Å²) in [5, 5.41) is 41.3. The van der Waals surface area contributed by atoms with Crippen molar-refractivity contribution in [2.24, 2.45) is 0 Å². The van der Waals surface area contributed by atoms with Crippen molar-refractivity contribution in [3.8, 4) is 133 Å². The van der Waals surface area contributed by atoms with E-state index in [2.05, 4.69) is 85.5 Å². The standard InChI is InChI=1S/C77H66N4O7.C24H17F6NO2.O3S/c1-48-29-36-55(58(40-48)74(82)50-21-13-12-14-22-50)51-30-37-57(70(41-51)83-52-31-33-53(34-32-52)85-73-28-15-16-39-81-73)56-23-18-25-66(60(56)46-79)87-71-43-64(77(9,10)11)72(44-63(71)76(6,7)8)88-68-27-19-26-67(61(68)47-80)84-54-35-38-69(62(42-54)75(3,4)5)86-65-24-17-20-49(2)59(65)45-78;1-15-4-3-5-21(20(15)14-31)33-19-12-8-17(9-13-19)22(23(25,26)27,24(28,29)30)16-6-10-18(32-2)11-7-16;1-4(2)3/h12-44H,1-11H3;3-13H,1-2H3;. The van der Waals surface area contributed by atoms with Crippen molar-refractivity contribution in [2.45, 2.75) is 117 Å². The van der Waals surface area contributed by atoms with Gasteiger partial charge >= 0.3 is 23.0 Å². The van der Waals surface area contributed by atoms with E-state index in [-0.39, 0.29) is 45.5 Å². The van der Waals surface area contributed by atoms with E-state index in [0.717, 1.165) is 81.9 Å². The highest BCUT2D eigenvalue weighted by molar-refractivity contribution is 7.59. The van der Waals surface area contributed by atoms with Crippen LogP contribution < -0.4 is 37.9 Å². The molecule has 1 aromatic heterocycles. The Labute approximate surface area is 722 Å². The number of rotatable bonds is 21. The van der Waals surface area contributed by atoms with Crippen LogP contribution in [0, 0.1) is 66.1 Å². The fourth-order valence-electron chi connectivity index (χ4n) is 13.9. The van der Waals surface area contributed by atoms with Crippen molar-refractivity contribution in [1.29, 1.82) is 21.0 Å². The Bertz CT molecular complexity index is 6440. The molecule has 0 atom stereocenters. The van der Waals surface area contributed by atoms with Gasteiger partial charge in [-0.1, -0.05) is 189 Å². The molecule has 0 aliphatic carbocycles. The van der Waals surface area contributed by atoms with Crippen LogP contribution in [0.15, 0.2) is 267 Å². The topological polar surface area (TPSA) is 250 Å². The average Bonchev–Trinajstić information content (AvgIpc) is 0.714. The van der Waals surface area contributed by atoms with Gasteiger partial charge in [-0.2, -0.15) is 47.4 Å². The highest BCUT2D eigenvalue weighted by atomic mass is 32.2. The number of carbonyl (C=O) groups is 1. The lowest BCUT2D eigenvalue weighted by Gasteiger charge is -2.38. The molecular formula is C101H83F6N5O12S. The van der Waals surface area contributed by atoms with Crippen LogP contribution in [0.1, 0.15) is 145 Å². The van der Waals surface area contributed by atoms with E-state index >= 15 is 0 Å². The lowest BCUT2D eigenvalue weighted by Crippen LogP contribution is -2.54. The first-order valence-electron chi connectivity index (χ1n) is 38.9. The van der Waals surface area contributed by atoms with Crippen LogP contribution in [-0.2, 0) is 32.3 Å². The first kappa shape index (κ1) is 90.8. The number of pyridine rings is 1. The molecule has 0 aliphatic heterocycles. The summed E-state index contributed by atoms with van der Waals surface area (Å²) in [5.74, 6) is 5.50. The lowest BCUT2D eigenvalue weighted by atomic mass is 9.73. The molecule has 0 radical (unpaired) electrons. The number of methoxy groups -OCH3 is 1. The first-order chi connectivity index (χ1) is 59.3. The molecule has 125 heavy (non-hydrogen) atoms. The van der Waals surface area contributed by atoms with Gasteiger partial charge in [0.05, 0.1) is 18.2 Å². The van der Waals surface area contributed by atoms with Gasteiger partial charge in [0, 0.05) is 51.2 Å². The molecule has 632 valence electrons. The van der Waals surface area contributed by atoms with Gasteiger partial charge in [-0.3, -0.25) is 4.79 Å².